The first kappa shape index (κ1) is 11.5. The summed E-state index contributed by atoms with van der Waals surface area (Å²) < 4.78 is 0. The van der Waals surface area contributed by atoms with E-state index in [-0.39, 0.29) is 0 Å². The Morgan fingerprint density at radius 2 is 1.56 bits per heavy atom. The molecule has 3 aromatic rings. The van der Waals surface area contributed by atoms with Gasteiger partial charge in [-0.3, -0.25) is 0 Å². The normalized spacial score (nSPS) is 10.8. The summed E-state index contributed by atoms with van der Waals surface area (Å²) in [7, 11) is 0. The van der Waals surface area contributed by atoms with Gasteiger partial charge in [-0.05, 0) is 24.3 Å². The predicted molar refractivity (Wildman–Crippen MR) is 77.2 cm³/mol. The largest absolute Gasteiger partial charge is 0.246 e. The topological polar surface area (TPSA) is 12.9 Å². The smallest absolute Gasteiger partial charge is 0.0895 e. The Balaban J connectivity index is 2.22. The van der Waals surface area contributed by atoms with Crippen molar-refractivity contribution in [2.24, 2.45) is 0 Å². The molecule has 3 heteroatoms. The molecule has 1 heterocycles. The lowest BCUT2D eigenvalue weighted by atomic mass is 10.1. The van der Waals surface area contributed by atoms with Crippen molar-refractivity contribution in [2.45, 2.75) is 0 Å². The highest BCUT2D eigenvalue weighted by Gasteiger charge is 2.07. The molecule has 0 amide bonds. The maximum atomic E-state index is 6.28. The Morgan fingerprint density at radius 3 is 2.33 bits per heavy atom. The summed E-state index contributed by atoms with van der Waals surface area (Å²) in [6.45, 7) is 0. The Labute approximate surface area is 115 Å². The molecule has 0 aliphatic rings. The summed E-state index contributed by atoms with van der Waals surface area (Å²) in [5.74, 6) is 0. The van der Waals surface area contributed by atoms with Gasteiger partial charge in [0, 0.05) is 16.0 Å². The second-order valence-corrected chi connectivity index (χ2v) is 4.86. The van der Waals surface area contributed by atoms with Gasteiger partial charge in [-0.2, -0.15) is 0 Å². The van der Waals surface area contributed by atoms with Crippen LogP contribution in [0.2, 0.25) is 10.0 Å². The van der Waals surface area contributed by atoms with E-state index in [4.69, 9.17) is 23.2 Å². The molecule has 0 atom stereocenters. The fraction of sp³-hybridized carbons (Fsp3) is 0. The molecule has 0 aliphatic carbocycles. The SMILES string of the molecule is Clc1ccc(-c2nc3ccccc3cc2Cl)cc1. The minimum absolute atomic E-state index is 0.649. The van der Waals surface area contributed by atoms with Crippen LogP contribution in [0.25, 0.3) is 22.2 Å². The zero-order valence-corrected chi connectivity index (χ0v) is 10.9. The fourth-order valence-electron chi connectivity index (χ4n) is 1.90. The first-order chi connectivity index (χ1) is 8.74. The van der Waals surface area contributed by atoms with E-state index in [0.717, 1.165) is 22.2 Å². The summed E-state index contributed by atoms with van der Waals surface area (Å²) in [4.78, 5) is 4.60. The molecule has 88 valence electrons. The highest BCUT2D eigenvalue weighted by atomic mass is 35.5. The van der Waals surface area contributed by atoms with Gasteiger partial charge < -0.3 is 0 Å². The molecule has 0 unspecified atom stereocenters. The molecule has 18 heavy (non-hydrogen) atoms. The lowest BCUT2D eigenvalue weighted by molar-refractivity contribution is 1.40. The van der Waals surface area contributed by atoms with Crippen LogP contribution in [0, 0.1) is 0 Å². The van der Waals surface area contributed by atoms with Gasteiger partial charge >= 0.3 is 0 Å². The molecule has 1 nitrogen and oxygen atoms in total. The number of halogens is 2. The number of para-hydroxylation sites is 1. The zero-order chi connectivity index (χ0) is 12.5. The molecule has 0 saturated carbocycles. The number of rotatable bonds is 1. The molecular weight excluding hydrogens is 265 g/mol. The first-order valence-electron chi connectivity index (χ1n) is 5.55. The minimum Gasteiger partial charge on any atom is -0.246 e. The lowest BCUT2D eigenvalue weighted by Crippen LogP contribution is -1.87. The van der Waals surface area contributed by atoms with Crippen molar-refractivity contribution in [3.05, 3.63) is 64.6 Å². The second-order valence-electron chi connectivity index (χ2n) is 4.02. The van der Waals surface area contributed by atoms with Crippen LogP contribution in [0.4, 0.5) is 0 Å². The van der Waals surface area contributed by atoms with Crippen molar-refractivity contribution >= 4 is 34.1 Å². The standard InChI is InChI=1S/C15H9Cl2N/c16-12-7-5-10(6-8-12)15-13(17)9-11-3-1-2-4-14(11)18-15/h1-9H. The highest BCUT2D eigenvalue weighted by molar-refractivity contribution is 6.34. The number of hydrogen-bond donors (Lipinski definition) is 0. The van der Waals surface area contributed by atoms with Gasteiger partial charge in [-0.25, -0.2) is 4.98 Å². The van der Waals surface area contributed by atoms with Crippen molar-refractivity contribution in [3.63, 3.8) is 0 Å². The quantitative estimate of drug-likeness (QED) is 0.593. The number of benzene rings is 2. The van der Waals surface area contributed by atoms with Crippen molar-refractivity contribution in [2.75, 3.05) is 0 Å². The van der Waals surface area contributed by atoms with Crippen molar-refractivity contribution in [3.8, 4) is 11.3 Å². The van der Waals surface area contributed by atoms with E-state index < -0.39 is 0 Å². The number of fused-ring (bicyclic) bond motifs is 1. The number of nitrogens with zero attached hydrogens (tertiary/aromatic N) is 1. The van der Waals surface area contributed by atoms with Gasteiger partial charge in [0.1, 0.15) is 0 Å². The van der Waals surface area contributed by atoms with Crippen LogP contribution in [0.1, 0.15) is 0 Å². The Kier molecular flexibility index (Phi) is 2.94. The van der Waals surface area contributed by atoms with Gasteiger partial charge in [0.15, 0.2) is 0 Å². The summed E-state index contributed by atoms with van der Waals surface area (Å²) in [6.07, 6.45) is 0. The van der Waals surface area contributed by atoms with Gasteiger partial charge in [0.25, 0.3) is 0 Å². The second kappa shape index (κ2) is 4.60. The van der Waals surface area contributed by atoms with Crippen LogP contribution in [-0.4, -0.2) is 4.98 Å². The average molecular weight is 274 g/mol. The van der Waals surface area contributed by atoms with Crippen LogP contribution in [0.5, 0.6) is 0 Å². The molecular formula is C15H9Cl2N. The number of hydrogen-bond acceptors (Lipinski definition) is 1. The minimum atomic E-state index is 0.649. The summed E-state index contributed by atoms with van der Waals surface area (Å²) in [6, 6.07) is 17.4. The number of aromatic nitrogens is 1. The summed E-state index contributed by atoms with van der Waals surface area (Å²) in [5.41, 5.74) is 2.69. The van der Waals surface area contributed by atoms with Crippen molar-refractivity contribution < 1.29 is 0 Å². The van der Waals surface area contributed by atoms with Crippen LogP contribution in [-0.2, 0) is 0 Å². The van der Waals surface area contributed by atoms with E-state index >= 15 is 0 Å². The third-order valence-corrected chi connectivity index (χ3v) is 3.34. The Morgan fingerprint density at radius 1 is 0.833 bits per heavy atom. The third kappa shape index (κ3) is 2.07. The first-order valence-corrected chi connectivity index (χ1v) is 6.31. The maximum Gasteiger partial charge on any atom is 0.0895 e. The summed E-state index contributed by atoms with van der Waals surface area (Å²) >= 11 is 12.2. The van der Waals surface area contributed by atoms with E-state index in [0.29, 0.717) is 10.0 Å². The zero-order valence-electron chi connectivity index (χ0n) is 9.40. The predicted octanol–water partition coefficient (Wildman–Crippen LogP) is 5.21. The van der Waals surface area contributed by atoms with E-state index in [2.05, 4.69) is 4.98 Å². The van der Waals surface area contributed by atoms with Gasteiger partial charge in [-0.1, -0.05) is 53.5 Å². The third-order valence-electron chi connectivity index (χ3n) is 2.80. The molecule has 2 aromatic carbocycles. The van der Waals surface area contributed by atoms with Crippen molar-refractivity contribution in [1.82, 2.24) is 4.98 Å². The molecule has 0 aliphatic heterocycles. The highest BCUT2D eigenvalue weighted by Crippen LogP contribution is 2.29. The molecule has 0 N–H and O–H groups in total. The van der Waals surface area contributed by atoms with E-state index in [1.807, 2.05) is 54.6 Å². The van der Waals surface area contributed by atoms with Crippen LogP contribution >= 0.6 is 23.2 Å². The van der Waals surface area contributed by atoms with Gasteiger partial charge in [0.2, 0.25) is 0 Å². The average Bonchev–Trinajstić information content (AvgIpc) is 2.39. The number of pyridine rings is 1. The molecule has 1 aromatic heterocycles. The molecule has 0 fully saturated rings. The van der Waals surface area contributed by atoms with Gasteiger partial charge in [0.05, 0.1) is 16.2 Å². The van der Waals surface area contributed by atoms with E-state index in [1.165, 1.54) is 0 Å². The maximum absolute atomic E-state index is 6.28. The Bertz CT molecular complexity index is 705. The molecule has 0 bridgehead atoms. The fourth-order valence-corrected chi connectivity index (χ4v) is 2.30. The van der Waals surface area contributed by atoms with E-state index in [1.54, 1.807) is 0 Å². The van der Waals surface area contributed by atoms with Crippen LogP contribution < -0.4 is 0 Å². The van der Waals surface area contributed by atoms with Crippen LogP contribution in [0.15, 0.2) is 54.6 Å². The molecule has 0 spiro atoms. The van der Waals surface area contributed by atoms with Gasteiger partial charge in [-0.15, -0.1) is 0 Å². The summed E-state index contributed by atoms with van der Waals surface area (Å²) in [5, 5.41) is 2.40. The van der Waals surface area contributed by atoms with Crippen LogP contribution in [0.3, 0.4) is 0 Å². The molecule has 0 radical (unpaired) electrons. The monoisotopic (exact) mass is 273 g/mol. The molecule has 0 saturated heterocycles. The lowest BCUT2D eigenvalue weighted by Gasteiger charge is -2.06. The van der Waals surface area contributed by atoms with Crippen molar-refractivity contribution in [1.29, 1.82) is 0 Å². The Hall–Kier alpha value is -1.57. The van der Waals surface area contributed by atoms with E-state index in [9.17, 15) is 0 Å². The molecule has 3 rings (SSSR count).